The third-order valence-corrected chi connectivity index (χ3v) is 4.69. The number of aryl methyl sites for hydroxylation is 1. The van der Waals surface area contributed by atoms with Crippen molar-refractivity contribution in [2.75, 3.05) is 0 Å². The lowest BCUT2D eigenvalue weighted by Crippen LogP contribution is -2.24. The third-order valence-electron chi connectivity index (χ3n) is 4.69. The number of aromatic hydroxyl groups is 1. The maximum absolute atomic E-state index is 12.8. The Morgan fingerprint density at radius 2 is 1.58 bits per heavy atom. The summed E-state index contributed by atoms with van der Waals surface area (Å²) in [6, 6.07) is 21.1. The van der Waals surface area contributed by atoms with Crippen molar-refractivity contribution < 1.29 is 5.11 Å². The molecule has 0 aliphatic carbocycles. The van der Waals surface area contributed by atoms with Crippen LogP contribution >= 0.6 is 0 Å². The van der Waals surface area contributed by atoms with Crippen LogP contribution in [0.2, 0.25) is 0 Å². The van der Waals surface area contributed by atoms with E-state index in [1.165, 1.54) is 0 Å². The van der Waals surface area contributed by atoms with Crippen LogP contribution in [-0.2, 0) is 7.05 Å². The monoisotopic (exact) mass is 342 g/mol. The number of hydrogen-bond acceptors (Lipinski definition) is 3. The highest BCUT2D eigenvalue weighted by molar-refractivity contribution is 6.07. The van der Waals surface area contributed by atoms with Crippen molar-refractivity contribution in [3.8, 4) is 5.75 Å². The fourth-order valence-corrected chi connectivity index (χ4v) is 3.35. The van der Waals surface area contributed by atoms with E-state index in [4.69, 9.17) is 0 Å². The van der Waals surface area contributed by atoms with Crippen molar-refractivity contribution in [1.29, 1.82) is 0 Å². The van der Waals surface area contributed by atoms with Crippen LogP contribution in [0.3, 0.4) is 0 Å². The zero-order valence-electron chi connectivity index (χ0n) is 14.6. The largest absolute Gasteiger partial charge is 0.506 e. The summed E-state index contributed by atoms with van der Waals surface area (Å²) in [5, 5.41) is 13.4. The van der Waals surface area contributed by atoms with Gasteiger partial charge in [-0.05, 0) is 30.5 Å². The van der Waals surface area contributed by atoms with Crippen LogP contribution in [0.25, 0.3) is 21.7 Å². The minimum atomic E-state index is -0.261. The maximum atomic E-state index is 12.8. The van der Waals surface area contributed by atoms with Crippen LogP contribution in [0, 0.1) is 0 Å². The fourth-order valence-electron chi connectivity index (χ4n) is 3.35. The molecule has 4 nitrogen and oxygen atoms in total. The molecule has 0 atom stereocenters. The number of nitrogens with zero attached hydrogens (tertiary/aromatic N) is 2. The first-order valence-corrected chi connectivity index (χ1v) is 8.42. The zero-order chi connectivity index (χ0) is 18.3. The number of pyridine rings is 1. The van der Waals surface area contributed by atoms with E-state index in [1.54, 1.807) is 24.6 Å². The standard InChI is InChI=1S/C22H18N2O2/c1-14(23-18-12-7-9-15-8-3-4-10-16(15)18)20-21(25)17-11-5-6-13-19(17)24(2)22(20)26/h3-13,25H,1-2H3. The molecule has 1 heterocycles. The Bertz CT molecular complexity index is 1230. The van der Waals surface area contributed by atoms with Crippen LogP contribution in [0.1, 0.15) is 12.5 Å². The highest BCUT2D eigenvalue weighted by atomic mass is 16.3. The summed E-state index contributed by atoms with van der Waals surface area (Å²) in [6.07, 6.45) is 0. The minimum Gasteiger partial charge on any atom is -0.506 e. The first-order valence-electron chi connectivity index (χ1n) is 8.42. The number of rotatable bonds is 2. The van der Waals surface area contributed by atoms with Gasteiger partial charge >= 0.3 is 0 Å². The van der Waals surface area contributed by atoms with Gasteiger partial charge in [0.2, 0.25) is 0 Å². The predicted molar refractivity (Wildman–Crippen MR) is 107 cm³/mol. The lowest BCUT2D eigenvalue weighted by atomic mass is 10.1. The number of para-hydroxylation sites is 1. The van der Waals surface area contributed by atoms with E-state index in [9.17, 15) is 9.90 Å². The molecule has 0 unspecified atom stereocenters. The Morgan fingerprint density at radius 1 is 0.923 bits per heavy atom. The maximum Gasteiger partial charge on any atom is 0.263 e. The summed E-state index contributed by atoms with van der Waals surface area (Å²) in [5.74, 6) is -0.0230. The van der Waals surface area contributed by atoms with E-state index < -0.39 is 0 Å². The molecular formula is C22H18N2O2. The molecule has 4 rings (SSSR count). The SMILES string of the molecule is CC(=Nc1cccc2ccccc12)c1c(O)c2ccccc2n(C)c1=O. The molecule has 0 aliphatic heterocycles. The van der Waals surface area contributed by atoms with E-state index in [2.05, 4.69) is 4.99 Å². The Hall–Kier alpha value is -3.40. The van der Waals surface area contributed by atoms with Crippen LogP contribution in [-0.4, -0.2) is 15.4 Å². The smallest absolute Gasteiger partial charge is 0.263 e. The molecule has 128 valence electrons. The highest BCUT2D eigenvalue weighted by Crippen LogP contribution is 2.29. The van der Waals surface area contributed by atoms with Gasteiger partial charge in [0.1, 0.15) is 11.3 Å². The molecule has 0 spiro atoms. The minimum absolute atomic E-state index is 0.0230. The predicted octanol–water partition coefficient (Wildman–Crippen LogP) is 4.54. The van der Waals surface area contributed by atoms with Crippen molar-refractivity contribution in [1.82, 2.24) is 4.57 Å². The van der Waals surface area contributed by atoms with E-state index in [0.29, 0.717) is 16.6 Å². The number of aliphatic imine (C=N–C) groups is 1. The highest BCUT2D eigenvalue weighted by Gasteiger charge is 2.17. The molecule has 1 N–H and O–H groups in total. The molecule has 26 heavy (non-hydrogen) atoms. The zero-order valence-corrected chi connectivity index (χ0v) is 14.6. The van der Waals surface area contributed by atoms with Crippen LogP contribution in [0.4, 0.5) is 5.69 Å². The van der Waals surface area contributed by atoms with E-state index in [-0.39, 0.29) is 16.9 Å². The molecule has 0 fully saturated rings. The summed E-state index contributed by atoms with van der Waals surface area (Å²) >= 11 is 0. The lowest BCUT2D eigenvalue weighted by molar-refractivity contribution is 0.478. The van der Waals surface area contributed by atoms with Crippen molar-refractivity contribution >= 4 is 33.1 Å². The van der Waals surface area contributed by atoms with Gasteiger partial charge in [-0.3, -0.25) is 9.79 Å². The third kappa shape index (κ3) is 2.47. The summed E-state index contributed by atoms with van der Waals surface area (Å²) in [4.78, 5) is 17.5. The first-order chi connectivity index (χ1) is 12.6. The topological polar surface area (TPSA) is 54.6 Å². The second kappa shape index (κ2) is 6.15. The molecule has 0 radical (unpaired) electrons. The lowest BCUT2D eigenvalue weighted by Gasteiger charge is -2.12. The Kier molecular flexibility index (Phi) is 3.81. The molecular weight excluding hydrogens is 324 g/mol. The van der Waals surface area contributed by atoms with Gasteiger partial charge in [-0.1, -0.05) is 48.5 Å². The second-order valence-corrected chi connectivity index (χ2v) is 6.30. The van der Waals surface area contributed by atoms with E-state index in [0.717, 1.165) is 16.5 Å². The van der Waals surface area contributed by atoms with Crippen LogP contribution in [0.15, 0.2) is 76.5 Å². The molecule has 1 aromatic heterocycles. The van der Waals surface area contributed by atoms with Crippen molar-refractivity contribution in [3.05, 3.63) is 82.6 Å². The average Bonchev–Trinajstić information content (AvgIpc) is 2.67. The Labute approximate surface area is 150 Å². The number of fused-ring (bicyclic) bond motifs is 2. The van der Waals surface area contributed by atoms with Gasteiger partial charge < -0.3 is 9.67 Å². The molecule has 4 aromatic rings. The molecule has 0 saturated carbocycles. The van der Waals surface area contributed by atoms with Gasteiger partial charge in [-0.15, -0.1) is 0 Å². The first kappa shape index (κ1) is 16.1. The number of aromatic nitrogens is 1. The molecule has 4 heteroatoms. The van der Waals surface area contributed by atoms with Gasteiger partial charge in [0, 0.05) is 17.8 Å². The number of hydrogen-bond donors (Lipinski definition) is 1. The van der Waals surface area contributed by atoms with Gasteiger partial charge in [0.05, 0.1) is 16.9 Å². The molecule has 0 bridgehead atoms. The van der Waals surface area contributed by atoms with E-state index >= 15 is 0 Å². The summed E-state index contributed by atoms with van der Waals surface area (Å²) in [6.45, 7) is 1.76. The van der Waals surface area contributed by atoms with E-state index in [1.807, 2.05) is 60.7 Å². The molecule has 0 aliphatic rings. The van der Waals surface area contributed by atoms with Crippen LogP contribution in [0.5, 0.6) is 5.75 Å². The molecule has 0 amide bonds. The Balaban J connectivity index is 1.98. The van der Waals surface area contributed by atoms with Gasteiger partial charge in [-0.2, -0.15) is 0 Å². The fraction of sp³-hybridized carbons (Fsp3) is 0.0909. The molecule has 3 aromatic carbocycles. The summed E-state index contributed by atoms with van der Waals surface area (Å²) in [7, 11) is 1.71. The normalized spacial score (nSPS) is 12.0. The van der Waals surface area contributed by atoms with Crippen molar-refractivity contribution in [3.63, 3.8) is 0 Å². The van der Waals surface area contributed by atoms with Gasteiger partial charge in [0.25, 0.3) is 5.56 Å². The van der Waals surface area contributed by atoms with Gasteiger partial charge in [0.15, 0.2) is 0 Å². The summed E-state index contributed by atoms with van der Waals surface area (Å²) in [5.41, 5.74) is 1.93. The van der Waals surface area contributed by atoms with Crippen LogP contribution < -0.4 is 5.56 Å². The molecule has 0 saturated heterocycles. The van der Waals surface area contributed by atoms with Crippen molar-refractivity contribution in [2.24, 2.45) is 12.0 Å². The van der Waals surface area contributed by atoms with Gasteiger partial charge in [-0.25, -0.2) is 0 Å². The second-order valence-electron chi connectivity index (χ2n) is 6.30. The Morgan fingerprint density at radius 3 is 2.38 bits per heavy atom. The summed E-state index contributed by atoms with van der Waals surface area (Å²) < 4.78 is 1.55. The number of benzene rings is 3. The quantitative estimate of drug-likeness (QED) is 0.544. The average molecular weight is 342 g/mol. The van der Waals surface area contributed by atoms with Crippen molar-refractivity contribution in [2.45, 2.75) is 6.92 Å².